The molecule has 0 atom stereocenters. The minimum absolute atomic E-state index is 0.0299. The van der Waals surface area contributed by atoms with Gasteiger partial charge in [0.1, 0.15) is 11.3 Å². The molecule has 0 fully saturated rings. The molecule has 4 nitrogen and oxygen atoms in total. The van der Waals surface area contributed by atoms with Gasteiger partial charge < -0.3 is 9.15 Å². The molecule has 4 heteroatoms. The van der Waals surface area contributed by atoms with Crippen molar-refractivity contribution in [3.05, 3.63) is 89.7 Å². The lowest BCUT2D eigenvalue weighted by molar-refractivity contribution is 0.101. The summed E-state index contributed by atoms with van der Waals surface area (Å²) in [5, 5.41) is 0.833. The summed E-state index contributed by atoms with van der Waals surface area (Å²) in [5.74, 6) is 0.683. The van der Waals surface area contributed by atoms with Gasteiger partial charge in [-0.1, -0.05) is 36.4 Å². The minimum atomic E-state index is -0.220. The second-order valence-corrected chi connectivity index (χ2v) is 6.50. The van der Waals surface area contributed by atoms with Crippen molar-refractivity contribution in [1.29, 1.82) is 0 Å². The summed E-state index contributed by atoms with van der Waals surface area (Å²) >= 11 is 0. The number of benzene rings is 3. The van der Waals surface area contributed by atoms with Crippen molar-refractivity contribution in [2.75, 3.05) is 7.11 Å². The highest BCUT2D eigenvalue weighted by Crippen LogP contribution is 2.36. The maximum Gasteiger partial charge on any atom is 0.228 e. The van der Waals surface area contributed by atoms with E-state index < -0.39 is 0 Å². The predicted octanol–water partition coefficient (Wildman–Crippen LogP) is 5.54. The molecule has 4 aromatic rings. The largest absolute Gasteiger partial charge is 0.497 e. The Labute approximate surface area is 162 Å². The molecule has 138 valence electrons. The molecular formula is C24H18O4. The number of fused-ring (bicyclic) bond motifs is 1. The van der Waals surface area contributed by atoms with E-state index >= 15 is 0 Å². The Morgan fingerprint density at radius 1 is 0.857 bits per heavy atom. The zero-order valence-corrected chi connectivity index (χ0v) is 15.6. The molecule has 0 saturated heterocycles. The summed E-state index contributed by atoms with van der Waals surface area (Å²) < 4.78 is 11.1. The zero-order valence-electron chi connectivity index (χ0n) is 15.6. The Kier molecular flexibility index (Phi) is 4.53. The first kappa shape index (κ1) is 17.7. The molecule has 28 heavy (non-hydrogen) atoms. The molecule has 0 aliphatic heterocycles. The SMILES string of the molecule is COc1ccc(C(=O)c2oc3ccccc3c2-c2cccc(C(C)=O)c2)cc1. The highest BCUT2D eigenvalue weighted by Gasteiger charge is 2.23. The van der Waals surface area contributed by atoms with E-state index in [1.54, 1.807) is 43.5 Å². The van der Waals surface area contributed by atoms with Gasteiger partial charge in [-0.3, -0.25) is 9.59 Å². The molecule has 3 aromatic carbocycles. The summed E-state index contributed by atoms with van der Waals surface area (Å²) in [6, 6.07) is 21.7. The molecule has 0 spiro atoms. The number of rotatable bonds is 5. The smallest absolute Gasteiger partial charge is 0.228 e. The van der Waals surface area contributed by atoms with Crippen molar-refractivity contribution in [1.82, 2.24) is 0 Å². The molecule has 0 unspecified atom stereocenters. The number of furan rings is 1. The minimum Gasteiger partial charge on any atom is -0.497 e. The fraction of sp³-hybridized carbons (Fsp3) is 0.0833. The average molecular weight is 370 g/mol. The predicted molar refractivity (Wildman–Crippen MR) is 108 cm³/mol. The molecular weight excluding hydrogens is 352 g/mol. The van der Waals surface area contributed by atoms with Crippen molar-refractivity contribution in [3.8, 4) is 16.9 Å². The summed E-state index contributed by atoms with van der Waals surface area (Å²) in [5.41, 5.74) is 3.19. The number of para-hydroxylation sites is 1. The first-order chi connectivity index (χ1) is 13.6. The maximum absolute atomic E-state index is 13.2. The normalized spacial score (nSPS) is 10.8. The number of carbonyl (C=O) groups excluding carboxylic acids is 2. The molecule has 4 rings (SSSR count). The Morgan fingerprint density at radius 3 is 2.32 bits per heavy atom. The van der Waals surface area contributed by atoms with Crippen LogP contribution in [0, 0.1) is 0 Å². The summed E-state index contributed by atoms with van der Waals surface area (Å²) in [7, 11) is 1.58. The zero-order chi connectivity index (χ0) is 19.7. The van der Waals surface area contributed by atoms with E-state index in [4.69, 9.17) is 9.15 Å². The van der Waals surface area contributed by atoms with E-state index in [9.17, 15) is 9.59 Å². The molecule has 0 amide bonds. The number of methoxy groups -OCH3 is 1. The lowest BCUT2D eigenvalue weighted by Gasteiger charge is -2.06. The third-order valence-electron chi connectivity index (χ3n) is 4.71. The van der Waals surface area contributed by atoms with E-state index in [1.807, 2.05) is 36.4 Å². The van der Waals surface area contributed by atoms with Crippen LogP contribution >= 0.6 is 0 Å². The number of ether oxygens (including phenoxy) is 1. The first-order valence-corrected chi connectivity index (χ1v) is 8.90. The van der Waals surface area contributed by atoms with Crippen LogP contribution in [-0.4, -0.2) is 18.7 Å². The molecule has 0 saturated carbocycles. The number of Topliss-reactive ketones (excluding diaryl/α,β-unsaturated/α-hetero) is 1. The molecule has 1 aromatic heterocycles. The molecule has 0 aliphatic carbocycles. The van der Waals surface area contributed by atoms with Crippen LogP contribution < -0.4 is 4.74 Å². The van der Waals surface area contributed by atoms with Crippen molar-refractivity contribution in [2.24, 2.45) is 0 Å². The van der Waals surface area contributed by atoms with Gasteiger partial charge in [-0.15, -0.1) is 0 Å². The second kappa shape index (κ2) is 7.16. The van der Waals surface area contributed by atoms with Crippen LogP contribution in [0.15, 0.2) is 77.2 Å². The Bertz CT molecular complexity index is 1180. The van der Waals surface area contributed by atoms with Crippen molar-refractivity contribution >= 4 is 22.5 Å². The Hall–Kier alpha value is -3.66. The summed E-state index contributed by atoms with van der Waals surface area (Å²) in [6.45, 7) is 1.52. The molecule has 0 aliphatic rings. The van der Waals surface area contributed by atoms with Gasteiger partial charge in [0.2, 0.25) is 5.78 Å². The van der Waals surface area contributed by atoms with Crippen LogP contribution in [0.3, 0.4) is 0 Å². The molecule has 0 radical (unpaired) electrons. The van der Waals surface area contributed by atoms with Gasteiger partial charge in [-0.05, 0) is 48.9 Å². The second-order valence-electron chi connectivity index (χ2n) is 6.50. The average Bonchev–Trinajstić information content (AvgIpc) is 3.13. The fourth-order valence-electron chi connectivity index (χ4n) is 3.26. The summed E-state index contributed by atoms with van der Waals surface area (Å²) in [6.07, 6.45) is 0. The highest BCUT2D eigenvalue weighted by molar-refractivity contribution is 6.16. The third kappa shape index (κ3) is 3.09. The van der Waals surface area contributed by atoms with Gasteiger partial charge in [-0.2, -0.15) is 0 Å². The van der Waals surface area contributed by atoms with Gasteiger partial charge in [0.25, 0.3) is 0 Å². The van der Waals surface area contributed by atoms with Gasteiger partial charge >= 0.3 is 0 Å². The van der Waals surface area contributed by atoms with E-state index in [2.05, 4.69) is 0 Å². The van der Waals surface area contributed by atoms with E-state index in [0.29, 0.717) is 28.0 Å². The van der Waals surface area contributed by atoms with Gasteiger partial charge in [0, 0.05) is 22.1 Å². The lowest BCUT2D eigenvalue weighted by Crippen LogP contribution is -2.02. The summed E-state index contributed by atoms with van der Waals surface area (Å²) in [4.78, 5) is 25.1. The number of carbonyl (C=O) groups is 2. The van der Waals surface area contributed by atoms with Crippen molar-refractivity contribution < 1.29 is 18.7 Å². The van der Waals surface area contributed by atoms with Crippen LogP contribution in [0.5, 0.6) is 5.75 Å². The topological polar surface area (TPSA) is 56.5 Å². The number of ketones is 2. The molecule has 1 heterocycles. The Morgan fingerprint density at radius 2 is 1.61 bits per heavy atom. The third-order valence-corrected chi connectivity index (χ3v) is 4.71. The molecule has 0 N–H and O–H groups in total. The van der Waals surface area contributed by atoms with Gasteiger partial charge in [-0.25, -0.2) is 0 Å². The van der Waals surface area contributed by atoms with Crippen LogP contribution in [-0.2, 0) is 0 Å². The van der Waals surface area contributed by atoms with Gasteiger partial charge in [0.15, 0.2) is 11.5 Å². The van der Waals surface area contributed by atoms with Gasteiger partial charge in [0.05, 0.1) is 7.11 Å². The lowest BCUT2D eigenvalue weighted by atomic mass is 9.96. The number of hydrogen-bond donors (Lipinski definition) is 0. The quantitative estimate of drug-likeness (QED) is 0.433. The van der Waals surface area contributed by atoms with Crippen molar-refractivity contribution in [2.45, 2.75) is 6.92 Å². The number of hydrogen-bond acceptors (Lipinski definition) is 4. The fourth-order valence-corrected chi connectivity index (χ4v) is 3.26. The standard InChI is InChI=1S/C24H18O4/c1-15(25)17-6-5-7-18(14-17)22-20-8-3-4-9-21(20)28-24(22)23(26)16-10-12-19(27-2)13-11-16/h3-14H,1-2H3. The van der Waals surface area contributed by atoms with Crippen LogP contribution in [0.25, 0.3) is 22.1 Å². The first-order valence-electron chi connectivity index (χ1n) is 8.90. The Balaban J connectivity index is 1.91. The molecule has 0 bridgehead atoms. The monoisotopic (exact) mass is 370 g/mol. The van der Waals surface area contributed by atoms with Crippen LogP contribution in [0.2, 0.25) is 0 Å². The van der Waals surface area contributed by atoms with Crippen molar-refractivity contribution in [3.63, 3.8) is 0 Å². The van der Waals surface area contributed by atoms with E-state index in [-0.39, 0.29) is 17.3 Å². The maximum atomic E-state index is 13.2. The van der Waals surface area contributed by atoms with E-state index in [0.717, 1.165) is 10.9 Å². The van der Waals surface area contributed by atoms with E-state index in [1.165, 1.54) is 6.92 Å². The van der Waals surface area contributed by atoms with Crippen LogP contribution in [0.1, 0.15) is 33.4 Å². The van der Waals surface area contributed by atoms with Crippen LogP contribution in [0.4, 0.5) is 0 Å². The highest BCUT2D eigenvalue weighted by atomic mass is 16.5.